The fourth-order valence-electron chi connectivity index (χ4n) is 2.79. The highest BCUT2D eigenvalue weighted by atomic mass is 32.2. The first-order valence-electron chi connectivity index (χ1n) is 7.21. The van der Waals surface area contributed by atoms with Gasteiger partial charge in [0.25, 0.3) is 0 Å². The summed E-state index contributed by atoms with van der Waals surface area (Å²) in [4.78, 5) is 0.177. The fraction of sp³-hybridized carbons (Fsp3) is 0.600. The summed E-state index contributed by atoms with van der Waals surface area (Å²) in [5.41, 5.74) is -0.229. The Labute approximate surface area is 126 Å². The van der Waals surface area contributed by atoms with Crippen LogP contribution in [0.25, 0.3) is 0 Å². The van der Waals surface area contributed by atoms with Gasteiger partial charge in [0.2, 0.25) is 10.0 Å². The Kier molecular flexibility index (Phi) is 4.72. The fourth-order valence-corrected chi connectivity index (χ4v) is 4.04. The molecule has 1 fully saturated rings. The lowest BCUT2D eigenvalue weighted by molar-refractivity contribution is 0.0333. The van der Waals surface area contributed by atoms with Gasteiger partial charge in [0, 0.05) is 13.6 Å². The molecule has 1 aromatic rings. The maximum absolute atomic E-state index is 12.5. The van der Waals surface area contributed by atoms with E-state index >= 15 is 0 Å². The average Bonchev–Trinajstić information content (AvgIpc) is 2.85. The third-order valence-electron chi connectivity index (χ3n) is 4.12. The van der Waals surface area contributed by atoms with Crippen molar-refractivity contribution in [3.63, 3.8) is 0 Å². The third-order valence-corrected chi connectivity index (χ3v) is 5.94. The van der Waals surface area contributed by atoms with Crippen LogP contribution >= 0.6 is 0 Å². The number of aliphatic hydroxyl groups is 2. The van der Waals surface area contributed by atoms with Crippen molar-refractivity contribution in [2.45, 2.75) is 49.2 Å². The zero-order valence-electron chi connectivity index (χ0n) is 12.5. The van der Waals surface area contributed by atoms with Gasteiger partial charge >= 0.3 is 0 Å². The van der Waals surface area contributed by atoms with E-state index in [1.165, 1.54) is 23.5 Å². The van der Waals surface area contributed by atoms with Crippen molar-refractivity contribution in [2.24, 2.45) is 0 Å². The van der Waals surface area contributed by atoms with Crippen molar-refractivity contribution in [2.75, 3.05) is 13.6 Å². The van der Waals surface area contributed by atoms with Crippen molar-refractivity contribution in [1.29, 1.82) is 0 Å². The van der Waals surface area contributed by atoms with Crippen LogP contribution in [-0.2, 0) is 10.0 Å². The van der Waals surface area contributed by atoms with Crippen LogP contribution in [0.5, 0.6) is 0 Å². The number of sulfonamides is 1. The summed E-state index contributed by atoms with van der Waals surface area (Å²) in [5, 5.41) is 19.8. The lowest BCUT2D eigenvalue weighted by atomic mass is 10.0. The first kappa shape index (κ1) is 16.4. The van der Waals surface area contributed by atoms with E-state index in [4.69, 9.17) is 0 Å². The van der Waals surface area contributed by atoms with Crippen LogP contribution in [0.1, 0.15) is 44.3 Å². The minimum atomic E-state index is -3.62. The number of rotatable bonds is 5. The summed E-state index contributed by atoms with van der Waals surface area (Å²) in [7, 11) is -2.12. The molecule has 118 valence electrons. The summed E-state index contributed by atoms with van der Waals surface area (Å²) < 4.78 is 26.2. The van der Waals surface area contributed by atoms with Crippen LogP contribution in [-0.4, -0.2) is 42.1 Å². The SMILES string of the molecule is CC(O)c1ccc(S(=O)(=O)N(C)CC2(O)CCCC2)cc1. The van der Waals surface area contributed by atoms with Crippen LogP contribution in [0.4, 0.5) is 0 Å². The van der Waals surface area contributed by atoms with Crippen molar-refractivity contribution < 1.29 is 18.6 Å². The molecule has 2 rings (SSSR count). The van der Waals surface area contributed by atoms with Crippen molar-refractivity contribution in [1.82, 2.24) is 4.31 Å². The van der Waals surface area contributed by atoms with Gasteiger partial charge in [-0.1, -0.05) is 25.0 Å². The van der Waals surface area contributed by atoms with E-state index in [9.17, 15) is 18.6 Å². The number of benzene rings is 1. The highest BCUT2D eigenvalue weighted by Gasteiger charge is 2.35. The van der Waals surface area contributed by atoms with Crippen molar-refractivity contribution in [3.05, 3.63) is 29.8 Å². The molecule has 0 bridgehead atoms. The Bertz CT molecular complexity index is 574. The van der Waals surface area contributed by atoms with Gasteiger partial charge in [0.05, 0.1) is 16.6 Å². The summed E-state index contributed by atoms with van der Waals surface area (Å²) in [6.45, 7) is 1.75. The van der Waals surface area contributed by atoms with Gasteiger partial charge in [0.15, 0.2) is 0 Å². The van der Waals surface area contributed by atoms with Gasteiger partial charge in [-0.3, -0.25) is 0 Å². The molecule has 0 spiro atoms. The molecule has 0 aliphatic heterocycles. The molecular weight excluding hydrogens is 290 g/mol. The monoisotopic (exact) mass is 313 g/mol. The molecule has 1 aromatic carbocycles. The highest BCUT2D eigenvalue weighted by Crippen LogP contribution is 2.31. The predicted molar refractivity (Wildman–Crippen MR) is 80.3 cm³/mol. The standard InChI is InChI=1S/C15H23NO4S/c1-12(17)13-5-7-14(8-6-13)21(19,20)16(2)11-15(18)9-3-4-10-15/h5-8,12,17-18H,3-4,9-11H2,1-2H3. The van der Waals surface area contributed by atoms with Gasteiger partial charge < -0.3 is 10.2 Å². The van der Waals surface area contributed by atoms with Gasteiger partial charge in [-0.25, -0.2) is 8.42 Å². The first-order valence-corrected chi connectivity index (χ1v) is 8.65. The number of hydrogen-bond acceptors (Lipinski definition) is 4. The van der Waals surface area contributed by atoms with E-state index in [1.807, 2.05) is 0 Å². The Morgan fingerprint density at radius 1 is 1.24 bits per heavy atom. The van der Waals surface area contributed by atoms with Crippen molar-refractivity contribution in [3.8, 4) is 0 Å². The molecule has 6 heteroatoms. The molecule has 0 amide bonds. The molecule has 1 aliphatic carbocycles. The van der Waals surface area contributed by atoms with E-state index in [2.05, 4.69) is 0 Å². The molecule has 0 aromatic heterocycles. The molecule has 1 aliphatic rings. The van der Waals surface area contributed by atoms with E-state index < -0.39 is 21.7 Å². The quantitative estimate of drug-likeness (QED) is 0.867. The topological polar surface area (TPSA) is 77.8 Å². The van der Waals surface area contributed by atoms with E-state index in [0.29, 0.717) is 18.4 Å². The summed E-state index contributed by atoms with van der Waals surface area (Å²) >= 11 is 0. The smallest absolute Gasteiger partial charge is 0.242 e. The molecule has 0 radical (unpaired) electrons. The maximum atomic E-state index is 12.5. The largest absolute Gasteiger partial charge is 0.389 e. The number of hydrogen-bond donors (Lipinski definition) is 2. The highest BCUT2D eigenvalue weighted by molar-refractivity contribution is 7.89. The number of nitrogens with zero attached hydrogens (tertiary/aromatic N) is 1. The lowest BCUT2D eigenvalue weighted by Gasteiger charge is -2.28. The van der Waals surface area contributed by atoms with Gasteiger partial charge in [-0.05, 0) is 37.5 Å². The van der Waals surface area contributed by atoms with E-state index in [1.54, 1.807) is 19.1 Å². The number of aliphatic hydroxyl groups excluding tert-OH is 1. The normalized spacial score (nSPS) is 19.9. The molecule has 5 nitrogen and oxygen atoms in total. The van der Waals surface area contributed by atoms with Gasteiger partial charge in [0.1, 0.15) is 0 Å². The van der Waals surface area contributed by atoms with Crippen LogP contribution < -0.4 is 0 Å². The molecule has 21 heavy (non-hydrogen) atoms. The van der Waals surface area contributed by atoms with Gasteiger partial charge in [-0.2, -0.15) is 4.31 Å². The molecule has 0 heterocycles. The zero-order chi connectivity index (χ0) is 15.7. The third kappa shape index (κ3) is 3.63. The van der Waals surface area contributed by atoms with Crippen LogP contribution in [0.3, 0.4) is 0 Å². The molecule has 1 saturated carbocycles. The Morgan fingerprint density at radius 3 is 2.24 bits per heavy atom. The van der Waals surface area contributed by atoms with Crippen LogP contribution in [0, 0.1) is 0 Å². The Balaban J connectivity index is 2.16. The van der Waals surface area contributed by atoms with Crippen LogP contribution in [0.2, 0.25) is 0 Å². The second-order valence-corrected chi connectivity index (χ2v) is 7.98. The summed E-state index contributed by atoms with van der Waals surface area (Å²) in [5.74, 6) is 0. The number of likely N-dealkylation sites (N-methyl/N-ethyl adjacent to an activating group) is 1. The molecule has 1 unspecified atom stereocenters. The van der Waals surface area contributed by atoms with Crippen LogP contribution in [0.15, 0.2) is 29.2 Å². The Hall–Kier alpha value is -0.950. The molecule has 0 saturated heterocycles. The lowest BCUT2D eigenvalue weighted by Crippen LogP contribution is -2.41. The molecular formula is C15H23NO4S. The van der Waals surface area contributed by atoms with Gasteiger partial charge in [-0.15, -0.1) is 0 Å². The minimum absolute atomic E-state index is 0.119. The van der Waals surface area contributed by atoms with Crippen molar-refractivity contribution >= 4 is 10.0 Å². The second-order valence-electron chi connectivity index (χ2n) is 5.94. The molecule has 2 N–H and O–H groups in total. The summed E-state index contributed by atoms with van der Waals surface area (Å²) in [6.07, 6.45) is 2.54. The average molecular weight is 313 g/mol. The summed E-state index contributed by atoms with van der Waals surface area (Å²) in [6, 6.07) is 6.20. The minimum Gasteiger partial charge on any atom is -0.389 e. The maximum Gasteiger partial charge on any atom is 0.242 e. The van der Waals surface area contributed by atoms with E-state index in [-0.39, 0.29) is 11.4 Å². The second kappa shape index (κ2) is 6.04. The zero-order valence-corrected chi connectivity index (χ0v) is 13.3. The molecule has 1 atom stereocenters. The first-order chi connectivity index (χ1) is 9.74. The van der Waals surface area contributed by atoms with E-state index in [0.717, 1.165) is 12.8 Å². The predicted octanol–water partition coefficient (Wildman–Crippen LogP) is 1.67. The Morgan fingerprint density at radius 2 is 1.76 bits per heavy atom.